The minimum absolute atomic E-state index is 0.0583. The molecule has 6 atom stereocenters. The fourth-order valence-corrected chi connectivity index (χ4v) is 6.16. The van der Waals surface area contributed by atoms with Crippen LogP contribution in [0.15, 0.2) is 11.1 Å². The lowest BCUT2D eigenvalue weighted by molar-refractivity contribution is -0.0326. The molecule has 0 saturated heterocycles. The molecule has 1 unspecified atom stereocenters. The minimum atomic E-state index is -0.0764. The Balaban J connectivity index is 1.64. The predicted octanol–water partition coefficient (Wildman–Crippen LogP) is 3.43. The molecule has 0 spiro atoms. The fraction of sp³-hybridized carbons (Fsp3) is 0.889. The molecule has 4 aliphatic carbocycles. The number of fused-ring (bicyclic) bond motifs is 4. The smallest absolute Gasteiger partial charge is 0.0596 e. The monoisotopic (exact) mass is 276 g/mol. The summed E-state index contributed by atoms with van der Waals surface area (Å²) in [7, 11) is 0. The van der Waals surface area contributed by atoms with Gasteiger partial charge in [0.2, 0.25) is 0 Å². The zero-order chi connectivity index (χ0) is 13.9. The Bertz CT molecular complexity index is 441. The Morgan fingerprint density at radius 3 is 2.70 bits per heavy atom. The Morgan fingerprint density at radius 1 is 1.00 bits per heavy atom. The van der Waals surface area contributed by atoms with Crippen LogP contribution in [0.2, 0.25) is 0 Å². The molecule has 2 heteroatoms. The van der Waals surface area contributed by atoms with Crippen LogP contribution in [0.5, 0.6) is 0 Å². The summed E-state index contributed by atoms with van der Waals surface area (Å²) in [6.07, 6.45) is 10.2. The van der Waals surface area contributed by atoms with Gasteiger partial charge in [-0.25, -0.2) is 0 Å². The maximum atomic E-state index is 10.4. The van der Waals surface area contributed by atoms with Crippen LogP contribution in [-0.2, 0) is 0 Å². The van der Waals surface area contributed by atoms with Gasteiger partial charge in [-0.2, -0.15) is 0 Å². The van der Waals surface area contributed by atoms with Crippen LogP contribution < -0.4 is 0 Å². The quantitative estimate of drug-likeness (QED) is 0.666. The third-order valence-corrected chi connectivity index (χ3v) is 7.30. The molecule has 0 aromatic rings. The number of hydrogen-bond donors (Lipinski definition) is 2. The molecule has 4 aliphatic rings. The maximum absolute atomic E-state index is 10.4. The number of rotatable bonds is 0. The van der Waals surface area contributed by atoms with Crippen molar-refractivity contribution in [3.05, 3.63) is 11.1 Å². The van der Waals surface area contributed by atoms with E-state index in [9.17, 15) is 10.2 Å². The van der Waals surface area contributed by atoms with Gasteiger partial charge in [0, 0.05) is 0 Å². The number of allylic oxidation sites excluding steroid dienone is 1. The Kier molecular flexibility index (Phi) is 3.05. The molecule has 112 valence electrons. The second-order valence-electron chi connectivity index (χ2n) is 8.08. The molecule has 0 aromatic heterocycles. The van der Waals surface area contributed by atoms with Crippen LogP contribution in [-0.4, -0.2) is 22.4 Å². The number of hydrogen-bond acceptors (Lipinski definition) is 2. The molecule has 2 nitrogen and oxygen atoms in total. The van der Waals surface area contributed by atoms with Gasteiger partial charge in [-0.15, -0.1) is 0 Å². The molecule has 0 aliphatic heterocycles. The van der Waals surface area contributed by atoms with E-state index in [1.165, 1.54) is 32.1 Å². The molecule has 20 heavy (non-hydrogen) atoms. The van der Waals surface area contributed by atoms with Crippen LogP contribution in [0, 0.1) is 23.2 Å². The SMILES string of the molecule is C[C@]12CC[C@@H]3C4=C(CC[C@H]3[C@@H]1CCC2O)C[C@@H](O)CC4. The lowest BCUT2D eigenvalue weighted by atomic mass is 9.54. The third kappa shape index (κ3) is 1.77. The van der Waals surface area contributed by atoms with Gasteiger partial charge < -0.3 is 10.2 Å². The molecule has 0 bridgehead atoms. The second kappa shape index (κ2) is 4.58. The maximum Gasteiger partial charge on any atom is 0.0596 e. The van der Waals surface area contributed by atoms with E-state index in [-0.39, 0.29) is 17.6 Å². The van der Waals surface area contributed by atoms with E-state index >= 15 is 0 Å². The van der Waals surface area contributed by atoms with Crippen LogP contribution >= 0.6 is 0 Å². The van der Waals surface area contributed by atoms with Crippen LogP contribution in [0.25, 0.3) is 0 Å². The molecule has 2 fully saturated rings. The highest BCUT2D eigenvalue weighted by Crippen LogP contribution is 2.61. The summed E-state index contributed by atoms with van der Waals surface area (Å²) in [5, 5.41) is 20.3. The van der Waals surface area contributed by atoms with E-state index in [0.717, 1.165) is 43.4 Å². The Labute approximate surface area is 122 Å². The first kappa shape index (κ1) is 13.3. The highest BCUT2D eigenvalue weighted by molar-refractivity contribution is 5.27. The molecule has 2 saturated carbocycles. The predicted molar refractivity (Wildman–Crippen MR) is 79.2 cm³/mol. The van der Waals surface area contributed by atoms with E-state index in [0.29, 0.717) is 0 Å². The first-order chi connectivity index (χ1) is 9.59. The summed E-state index contributed by atoms with van der Waals surface area (Å²) in [6.45, 7) is 2.35. The average molecular weight is 276 g/mol. The topological polar surface area (TPSA) is 40.5 Å². The first-order valence-corrected chi connectivity index (χ1v) is 8.66. The van der Waals surface area contributed by atoms with Crippen molar-refractivity contribution >= 4 is 0 Å². The summed E-state index contributed by atoms with van der Waals surface area (Å²) in [5.41, 5.74) is 3.54. The molecular formula is C18H28O2. The third-order valence-electron chi connectivity index (χ3n) is 7.30. The van der Waals surface area contributed by atoms with Gasteiger partial charge in [0.1, 0.15) is 0 Å². The molecule has 0 heterocycles. The van der Waals surface area contributed by atoms with E-state index in [1.807, 2.05) is 0 Å². The zero-order valence-electron chi connectivity index (χ0n) is 12.6. The van der Waals surface area contributed by atoms with Crippen molar-refractivity contribution in [3.8, 4) is 0 Å². The van der Waals surface area contributed by atoms with E-state index in [2.05, 4.69) is 6.92 Å². The summed E-state index contributed by atoms with van der Waals surface area (Å²) >= 11 is 0. The lowest BCUT2D eigenvalue weighted by Crippen LogP contribution is -2.45. The summed E-state index contributed by atoms with van der Waals surface area (Å²) in [6, 6.07) is 0. The van der Waals surface area contributed by atoms with Crippen LogP contribution in [0.3, 0.4) is 0 Å². The van der Waals surface area contributed by atoms with Gasteiger partial charge in [-0.05, 0) is 81.0 Å². The summed E-state index contributed by atoms with van der Waals surface area (Å²) in [4.78, 5) is 0. The Hall–Kier alpha value is -0.340. The standard InChI is InChI=1S/C18H28O2/c1-18-9-8-14-13-5-3-12(19)10-11(13)2-4-15(14)16(18)6-7-17(18)20/h12,14-17,19-20H,2-10H2,1H3/t12-,14+,15+,16-,17?,18-/m0/s1. The molecule has 0 radical (unpaired) electrons. The van der Waals surface area contributed by atoms with Gasteiger partial charge in [0.25, 0.3) is 0 Å². The summed E-state index contributed by atoms with van der Waals surface area (Å²) in [5.74, 6) is 2.35. The van der Waals surface area contributed by atoms with Gasteiger partial charge in [0.15, 0.2) is 0 Å². The molecule has 4 rings (SSSR count). The van der Waals surface area contributed by atoms with Gasteiger partial charge in [0.05, 0.1) is 12.2 Å². The van der Waals surface area contributed by atoms with Crippen molar-refractivity contribution < 1.29 is 10.2 Å². The van der Waals surface area contributed by atoms with Crippen molar-refractivity contribution in [1.29, 1.82) is 0 Å². The van der Waals surface area contributed by atoms with Crippen molar-refractivity contribution in [2.24, 2.45) is 23.2 Å². The normalized spacial score (nSPS) is 51.5. The molecule has 0 aromatic carbocycles. The lowest BCUT2D eigenvalue weighted by Gasteiger charge is -2.51. The highest BCUT2D eigenvalue weighted by atomic mass is 16.3. The average Bonchev–Trinajstić information content (AvgIpc) is 2.74. The van der Waals surface area contributed by atoms with Gasteiger partial charge in [-0.3, -0.25) is 0 Å². The zero-order valence-corrected chi connectivity index (χ0v) is 12.6. The van der Waals surface area contributed by atoms with Gasteiger partial charge >= 0.3 is 0 Å². The fourth-order valence-electron chi connectivity index (χ4n) is 6.16. The van der Waals surface area contributed by atoms with Crippen molar-refractivity contribution in [3.63, 3.8) is 0 Å². The first-order valence-electron chi connectivity index (χ1n) is 8.66. The van der Waals surface area contributed by atoms with Crippen LogP contribution in [0.1, 0.15) is 64.7 Å². The Morgan fingerprint density at radius 2 is 1.85 bits per heavy atom. The summed E-state index contributed by atoms with van der Waals surface area (Å²) < 4.78 is 0. The number of aliphatic hydroxyl groups excluding tert-OH is 2. The van der Waals surface area contributed by atoms with Crippen LogP contribution in [0.4, 0.5) is 0 Å². The largest absolute Gasteiger partial charge is 0.393 e. The minimum Gasteiger partial charge on any atom is -0.393 e. The van der Waals surface area contributed by atoms with Gasteiger partial charge in [-0.1, -0.05) is 18.1 Å². The number of aliphatic hydroxyl groups is 2. The van der Waals surface area contributed by atoms with Crippen molar-refractivity contribution in [2.45, 2.75) is 76.9 Å². The van der Waals surface area contributed by atoms with E-state index < -0.39 is 0 Å². The van der Waals surface area contributed by atoms with E-state index in [4.69, 9.17) is 0 Å². The molecule has 2 N–H and O–H groups in total. The van der Waals surface area contributed by atoms with Crippen molar-refractivity contribution in [2.75, 3.05) is 0 Å². The molecule has 0 amide bonds. The second-order valence-corrected chi connectivity index (χ2v) is 8.08. The molecular weight excluding hydrogens is 248 g/mol. The highest BCUT2D eigenvalue weighted by Gasteiger charge is 2.54. The van der Waals surface area contributed by atoms with Crippen molar-refractivity contribution in [1.82, 2.24) is 0 Å². The van der Waals surface area contributed by atoms with E-state index in [1.54, 1.807) is 11.1 Å².